The lowest BCUT2D eigenvalue weighted by Gasteiger charge is -2.20. The number of hydrogen-bond acceptors (Lipinski definition) is 3. The summed E-state index contributed by atoms with van der Waals surface area (Å²) in [6, 6.07) is 0. The van der Waals surface area contributed by atoms with Gasteiger partial charge in [-0.05, 0) is 19.8 Å². The van der Waals surface area contributed by atoms with E-state index in [-0.39, 0.29) is 6.41 Å². The van der Waals surface area contributed by atoms with Gasteiger partial charge >= 0.3 is 6.55 Å². The molecule has 7 heteroatoms. The molecule has 1 fully saturated rings. The van der Waals surface area contributed by atoms with Crippen LogP contribution in [0.1, 0.15) is 19.8 Å². The van der Waals surface area contributed by atoms with Crippen molar-refractivity contribution < 1.29 is 22.0 Å². The topological polar surface area (TPSA) is 54.5 Å². The van der Waals surface area contributed by atoms with E-state index < -0.39 is 25.6 Å². The fourth-order valence-corrected chi connectivity index (χ4v) is 2.35. The quantitative estimate of drug-likeness (QED) is 0.506. The van der Waals surface area contributed by atoms with Gasteiger partial charge < -0.3 is 0 Å². The third-order valence-corrected chi connectivity index (χ3v) is 4.60. The van der Waals surface area contributed by atoms with Crippen molar-refractivity contribution in [2.45, 2.75) is 31.1 Å². The summed E-state index contributed by atoms with van der Waals surface area (Å²) in [6.45, 7) is -1.94. The van der Waals surface area contributed by atoms with Crippen LogP contribution in [0.2, 0.25) is 0 Å². The van der Waals surface area contributed by atoms with Crippen LogP contribution in [0.15, 0.2) is 0 Å². The average Bonchev–Trinajstić information content (AvgIpc) is 2.69. The number of hydrogen-bond donors (Lipinski definition) is 0. The Kier molecular flexibility index (Phi) is 2.31. The Morgan fingerprint density at radius 1 is 1.46 bits per heavy atom. The van der Waals surface area contributed by atoms with E-state index in [9.17, 15) is 22.0 Å². The number of nitrogens with zero attached hydrogens (tertiary/aromatic N) is 1. The van der Waals surface area contributed by atoms with E-state index in [0.29, 0.717) is 12.8 Å². The second kappa shape index (κ2) is 2.90. The molecule has 1 amide bonds. The molecular weight excluding hydrogens is 204 g/mol. The minimum atomic E-state index is -4.16. The SMILES string of the molecule is CC1(S(=O)(=O)N(C=O)C(F)F)CC1. The fourth-order valence-electron chi connectivity index (χ4n) is 0.896. The van der Waals surface area contributed by atoms with Gasteiger partial charge in [-0.3, -0.25) is 4.79 Å². The number of alkyl halides is 2. The van der Waals surface area contributed by atoms with Crippen LogP contribution in [0.25, 0.3) is 0 Å². The maximum atomic E-state index is 12.1. The molecule has 0 N–H and O–H groups in total. The molecule has 0 aromatic heterocycles. The molecule has 4 nitrogen and oxygen atoms in total. The predicted molar refractivity (Wildman–Crippen MR) is 40.5 cm³/mol. The molecule has 0 aliphatic heterocycles. The summed E-state index contributed by atoms with van der Waals surface area (Å²) >= 11 is 0. The molecule has 13 heavy (non-hydrogen) atoms. The average molecular weight is 213 g/mol. The van der Waals surface area contributed by atoms with Gasteiger partial charge in [0.25, 0.3) is 0 Å². The lowest BCUT2D eigenvalue weighted by Crippen LogP contribution is -2.41. The van der Waals surface area contributed by atoms with Gasteiger partial charge in [-0.25, -0.2) is 8.42 Å². The smallest absolute Gasteiger partial charge is 0.277 e. The van der Waals surface area contributed by atoms with Crippen molar-refractivity contribution in [2.24, 2.45) is 0 Å². The van der Waals surface area contributed by atoms with Crippen LogP contribution in [-0.2, 0) is 14.8 Å². The summed E-state index contributed by atoms with van der Waals surface area (Å²) in [5, 5.41) is 0. The predicted octanol–water partition coefficient (Wildman–Crippen LogP) is 0.550. The second-order valence-corrected chi connectivity index (χ2v) is 5.53. The van der Waals surface area contributed by atoms with Gasteiger partial charge in [0.1, 0.15) is 0 Å². The van der Waals surface area contributed by atoms with Gasteiger partial charge in [0, 0.05) is 0 Å². The van der Waals surface area contributed by atoms with E-state index in [4.69, 9.17) is 0 Å². The Morgan fingerprint density at radius 3 is 2.15 bits per heavy atom. The van der Waals surface area contributed by atoms with Crippen LogP contribution < -0.4 is 0 Å². The summed E-state index contributed by atoms with van der Waals surface area (Å²) in [5.41, 5.74) is 0. The highest BCUT2D eigenvalue weighted by Crippen LogP contribution is 2.44. The molecule has 0 aromatic carbocycles. The third kappa shape index (κ3) is 1.52. The molecule has 0 atom stereocenters. The van der Waals surface area contributed by atoms with Crippen LogP contribution >= 0.6 is 0 Å². The molecule has 0 spiro atoms. The van der Waals surface area contributed by atoms with Crippen LogP contribution in [0, 0.1) is 0 Å². The summed E-state index contributed by atoms with van der Waals surface area (Å²) < 4.78 is 45.2. The second-order valence-electron chi connectivity index (χ2n) is 3.17. The van der Waals surface area contributed by atoms with Crippen molar-refractivity contribution >= 4 is 16.4 Å². The minimum absolute atomic E-state index is 0.326. The maximum absolute atomic E-state index is 12.1. The molecule has 0 heterocycles. The van der Waals surface area contributed by atoms with Crippen LogP contribution in [-0.4, -0.2) is 30.4 Å². The first kappa shape index (κ1) is 10.4. The van der Waals surface area contributed by atoms with E-state index in [1.807, 2.05) is 0 Å². The summed E-state index contributed by atoms with van der Waals surface area (Å²) in [4.78, 5) is 10.1. The largest absolute Gasteiger partial charge is 0.329 e. The highest BCUT2D eigenvalue weighted by molar-refractivity contribution is 7.91. The van der Waals surface area contributed by atoms with Crippen molar-refractivity contribution in [2.75, 3.05) is 0 Å². The minimum Gasteiger partial charge on any atom is -0.277 e. The number of halogens is 2. The zero-order valence-electron chi connectivity index (χ0n) is 6.91. The number of sulfonamides is 1. The van der Waals surface area contributed by atoms with Gasteiger partial charge in [-0.1, -0.05) is 0 Å². The Morgan fingerprint density at radius 2 is 1.92 bits per heavy atom. The number of carbonyl (C=O) groups is 1. The molecule has 76 valence electrons. The molecule has 0 radical (unpaired) electrons. The zero-order chi connectivity index (χ0) is 10.3. The first-order chi connectivity index (χ1) is 5.85. The van der Waals surface area contributed by atoms with Crippen LogP contribution in [0.5, 0.6) is 0 Å². The van der Waals surface area contributed by atoms with Crippen molar-refractivity contribution in [3.05, 3.63) is 0 Å². The summed E-state index contributed by atoms with van der Waals surface area (Å²) in [5.74, 6) is 0. The Balaban J connectivity index is 2.97. The molecule has 0 unspecified atom stereocenters. The van der Waals surface area contributed by atoms with Crippen molar-refractivity contribution in [1.82, 2.24) is 4.31 Å². The highest BCUT2D eigenvalue weighted by Gasteiger charge is 2.54. The molecule has 1 aliphatic rings. The number of rotatable bonds is 4. The Hall–Kier alpha value is -0.720. The Bertz CT molecular complexity index is 310. The van der Waals surface area contributed by atoms with Gasteiger partial charge in [0.2, 0.25) is 16.4 Å². The first-order valence-corrected chi connectivity index (χ1v) is 5.06. The summed E-state index contributed by atoms with van der Waals surface area (Å²) in [7, 11) is -4.16. The molecule has 0 saturated heterocycles. The highest BCUT2D eigenvalue weighted by atomic mass is 32.2. The lowest BCUT2D eigenvalue weighted by molar-refractivity contribution is -0.121. The maximum Gasteiger partial charge on any atom is 0.329 e. The molecule has 0 aromatic rings. The van der Waals surface area contributed by atoms with E-state index in [2.05, 4.69) is 0 Å². The molecule has 0 bridgehead atoms. The van der Waals surface area contributed by atoms with E-state index >= 15 is 0 Å². The normalized spacial score (nSPS) is 20.0. The zero-order valence-corrected chi connectivity index (χ0v) is 7.72. The molecule has 1 rings (SSSR count). The third-order valence-electron chi connectivity index (χ3n) is 2.15. The van der Waals surface area contributed by atoms with E-state index in [1.165, 1.54) is 6.92 Å². The van der Waals surface area contributed by atoms with Crippen LogP contribution in [0.4, 0.5) is 8.78 Å². The number of amides is 1. The van der Waals surface area contributed by atoms with Crippen molar-refractivity contribution in [3.8, 4) is 0 Å². The van der Waals surface area contributed by atoms with Crippen molar-refractivity contribution in [1.29, 1.82) is 0 Å². The van der Waals surface area contributed by atoms with Crippen LogP contribution in [0.3, 0.4) is 0 Å². The van der Waals surface area contributed by atoms with E-state index in [0.717, 1.165) is 0 Å². The van der Waals surface area contributed by atoms with Gasteiger partial charge in [-0.15, -0.1) is 0 Å². The van der Waals surface area contributed by atoms with Gasteiger partial charge in [0.05, 0.1) is 4.75 Å². The van der Waals surface area contributed by atoms with E-state index in [1.54, 1.807) is 0 Å². The first-order valence-electron chi connectivity index (χ1n) is 3.62. The molecular formula is C6H9F2NO3S. The standard InChI is InChI=1S/C6H9F2NO3S/c1-6(2-3-6)13(11,12)9(4-10)5(7)8/h4-5H,2-3H2,1H3. The molecule has 1 saturated carbocycles. The fraction of sp³-hybridized carbons (Fsp3) is 0.833. The Labute approximate surface area is 74.6 Å². The lowest BCUT2D eigenvalue weighted by atomic mass is 10.5. The molecule has 1 aliphatic carbocycles. The van der Waals surface area contributed by atoms with Crippen molar-refractivity contribution in [3.63, 3.8) is 0 Å². The number of carbonyl (C=O) groups excluding carboxylic acids is 1. The van der Waals surface area contributed by atoms with Gasteiger partial charge in [0.15, 0.2) is 0 Å². The monoisotopic (exact) mass is 213 g/mol. The summed E-state index contributed by atoms with van der Waals surface area (Å²) in [6.07, 6.45) is 0.308. The van der Waals surface area contributed by atoms with Gasteiger partial charge in [-0.2, -0.15) is 13.1 Å².